The first kappa shape index (κ1) is 17.5. The monoisotopic (exact) mass is 331 g/mol. The number of thioether (sulfide) groups is 1. The molecule has 1 amide bonds. The topological polar surface area (TPSA) is 58.6 Å². The lowest BCUT2D eigenvalue weighted by Crippen LogP contribution is -2.17. The van der Waals surface area contributed by atoms with Crippen molar-refractivity contribution in [3.05, 3.63) is 60.2 Å². The molecule has 0 fully saturated rings. The predicted octanol–water partition coefficient (Wildman–Crippen LogP) is 3.31. The lowest BCUT2D eigenvalue weighted by Gasteiger charge is -2.11. The minimum absolute atomic E-state index is 0.0867. The Morgan fingerprint density at radius 2 is 1.87 bits per heavy atom. The summed E-state index contributed by atoms with van der Waals surface area (Å²) in [6.45, 7) is 2.30. The number of carbonyl (C=O) groups is 1. The van der Waals surface area contributed by atoms with E-state index in [1.54, 1.807) is 11.8 Å². The maximum atomic E-state index is 11.0. The number of anilines is 1. The number of hydrogen-bond donors (Lipinski definition) is 2. The molecule has 0 aliphatic heterocycles. The van der Waals surface area contributed by atoms with Crippen molar-refractivity contribution < 1.29 is 14.6 Å². The Labute approximate surface area is 140 Å². The van der Waals surface area contributed by atoms with Crippen LogP contribution < -0.4 is 5.32 Å². The Bertz CT molecular complexity index is 601. The lowest BCUT2D eigenvalue weighted by molar-refractivity contribution is -0.114. The molecule has 4 nitrogen and oxygen atoms in total. The summed E-state index contributed by atoms with van der Waals surface area (Å²) in [5.41, 5.74) is 1.87. The van der Waals surface area contributed by atoms with Gasteiger partial charge in [0, 0.05) is 23.3 Å². The van der Waals surface area contributed by atoms with Crippen molar-refractivity contribution in [2.75, 3.05) is 17.7 Å². The van der Waals surface area contributed by atoms with Crippen LogP contribution in [0.1, 0.15) is 12.5 Å². The van der Waals surface area contributed by atoms with Gasteiger partial charge in [0.15, 0.2) is 0 Å². The first-order valence-corrected chi connectivity index (χ1v) is 8.42. The highest BCUT2D eigenvalue weighted by molar-refractivity contribution is 7.99. The average Bonchev–Trinajstić information content (AvgIpc) is 2.55. The van der Waals surface area contributed by atoms with Crippen molar-refractivity contribution in [1.29, 1.82) is 0 Å². The van der Waals surface area contributed by atoms with Crippen LogP contribution in [-0.4, -0.2) is 29.5 Å². The van der Waals surface area contributed by atoms with Crippen LogP contribution in [-0.2, 0) is 16.1 Å². The average molecular weight is 331 g/mol. The first-order valence-electron chi connectivity index (χ1n) is 7.43. The molecule has 2 rings (SSSR count). The van der Waals surface area contributed by atoms with Crippen LogP contribution in [0.25, 0.3) is 0 Å². The number of hydrogen-bond acceptors (Lipinski definition) is 4. The molecule has 5 heteroatoms. The number of nitrogens with one attached hydrogen (secondary N) is 1. The Morgan fingerprint density at radius 3 is 2.52 bits per heavy atom. The van der Waals surface area contributed by atoms with Crippen molar-refractivity contribution in [2.45, 2.75) is 24.5 Å². The van der Waals surface area contributed by atoms with Crippen LogP contribution in [0.4, 0.5) is 5.69 Å². The molecule has 0 aromatic heterocycles. The molecule has 1 atom stereocenters. The largest absolute Gasteiger partial charge is 0.390 e. The van der Waals surface area contributed by atoms with E-state index in [2.05, 4.69) is 5.32 Å². The number of aliphatic hydroxyl groups excluding tert-OH is 1. The number of ether oxygens (including phenoxy) is 1. The third kappa shape index (κ3) is 6.86. The fourth-order valence-electron chi connectivity index (χ4n) is 1.97. The molecule has 0 unspecified atom stereocenters. The van der Waals surface area contributed by atoms with Crippen molar-refractivity contribution in [3.63, 3.8) is 0 Å². The van der Waals surface area contributed by atoms with Gasteiger partial charge in [0.05, 0.1) is 19.3 Å². The molecule has 2 N–H and O–H groups in total. The van der Waals surface area contributed by atoms with Gasteiger partial charge in [0.25, 0.3) is 0 Å². The lowest BCUT2D eigenvalue weighted by atomic mass is 10.2. The Morgan fingerprint density at radius 1 is 1.17 bits per heavy atom. The van der Waals surface area contributed by atoms with E-state index in [-0.39, 0.29) is 5.91 Å². The summed E-state index contributed by atoms with van der Waals surface area (Å²) in [7, 11) is 0. The molecule has 122 valence electrons. The quantitative estimate of drug-likeness (QED) is 0.729. The van der Waals surface area contributed by atoms with E-state index < -0.39 is 6.10 Å². The molecule has 0 saturated carbocycles. The van der Waals surface area contributed by atoms with E-state index in [1.165, 1.54) is 6.92 Å². The predicted molar refractivity (Wildman–Crippen MR) is 93.6 cm³/mol. The summed E-state index contributed by atoms with van der Waals surface area (Å²) < 4.78 is 5.52. The molecule has 0 heterocycles. The van der Waals surface area contributed by atoms with E-state index in [0.29, 0.717) is 19.0 Å². The van der Waals surface area contributed by atoms with Gasteiger partial charge in [-0.1, -0.05) is 30.3 Å². The molecule has 0 aliphatic carbocycles. The van der Waals surface area contributed by atoms with Gasteiger partial charge in [-0.2, -0.15) is 0 Å². The van der Waals surface area contributed by atoms with E-state index in [4.69, 9.17) is 4.74 Å². The molecule has 2 aromatic carbocycles. The van der Waals surface area contributed by atoms with E-state index in [9.17, 15) is 9.90 Å². The molecular formula is C18H21NO3S. The van der Waals surface area contributed by atoms with Gasteiger partial charge in [-0.05, 0) is 29.8 Å². The van der Waals surface area contributed by atoms with Gasteiger partial charge in [-0.25, -0.2) is 0 Å². The minimum Gasteiger partial charge on any atom is -0.390 e. The van der Waals surface area contributed by atoms with Crippen molar-refractivity contribution in [3.8, 4) is 0 Å². The van der Waals surface area contributed by atoms with Crippen molar-refractivity contribution in [1.82, 2.24) is 0 Å². The number of rotatable bonds is 8. The van der Waals surface area contributed by atoms with Crippen LogP contribution in [0.15, 0.2) is 59.5 Å². The number of carbonyl (C=O) groups excluding carboxylic acids is 1. The van der Waals surface area contributed by atoms with Crippen molar-refractivity contribution >= 4 is 23.4 Å². The summed E-state index contributed by atoms with van der Waals surface area (Å²) in [4.78, 5) is 12.0. The zero-order valence-corrected chi connectivity index (χ0v) is 13.9. The van der Waals surface area contributed by atoms with Crippen LogP contribution in [0, 0.1) is 0 Å². The van der Waals surface area contributed by atoms with Gasteiger partial charge in [0.1, 0.15) is 0 Å². The molecule has 23 heavy (non-hydrogen) atoms. The summed E-state index contributed by atoms with van der Waals surface area (Å²) in [6.07, 6.45) is -0.515. The van der Waals surface area contributed by atoms with Gasteiger partial charge < -0.3 is 15.2 Å². The number of aliphatic hydroxyl groups is 1. The van der Waals surface area contributed by atoms with Gasteiger partial charge in [0.2, 0.25) is 5.91 Å². The Kier molecular flexibility index (Phi) is 7.13. The zero-order chi connectivity index (χ0) is 16.5. The SMILES string of the molecule is CC(=O)Nc1ccc(SC[C@@H](O)COCc2ccccc2)cc1. The molecule has 0 saturated heterocycles. The normalized spacial score (nSPS) is 11.9. The first-order chi connectivity index (χ1) is 11.1. The second kappa shape index (κ2) is 9.35. The Balaban J connectivity index is 1.67. The van der Waals surface area contributed by atoms with E-state index in [1.807, 2.05) is 54.6 Å². The third-order valence-electron chi connectivity index (χ3n) is 3.04. The molecule has 0 bridgehead atoms. The summed E-state index contributed by atoms with van der Waals surface area (Å²) in [5.74, 6) is 0.477. The van der Waals surface area contributed by atoms with Gasteiger partial charge in [-0.3, -0.25) is 4.79 Å². The maximum absolute atomic E-state index is 11.0. The van der Waals surface area contributed by atoms with Crippen LogP contribution >= 0.6 is 11.8 Å². The summed E-state index contributed by atoms with van der Waals surface area (Å²) in [5, 5.41) is 12.7. The fraction of sp³-hybridized carbons (Fsp3) is 0.278. The molecule has 2 aromatic rings. The highest BCUT2D eigenvalue weighted by Gasteiger charge is 2.06. The molecule has 0 radical (unpaired) electrons. The van der Waals surface area contributed by atoms with Crippen LogP contribution in [0.3, 0.4) is 0 Å². The summed E-state index contributed by atoms with van der Waals surface area (Å²) in [6, 6.07) is 17.4. The summed E-state index contributed by atoms with van der Waals surface area (Å²) >= 11 is 1.56. The van der Waals surface area contributed by atoms with Crippen molar-refractivity contribution in [2.24, 2.45) is 0 Å². The van der Waals surface area contributed by atoms with Gasteiger partial charge in [-0.15, -0.1) is 11.8 Å². The highest BCUT2D eigenvalue weighted by atomic mass is 32.2. The Hall–Kier alpha value is -1.82. The third-order valence-corrected chi connectivity index (χ3v) is 4.20. The second-order valence-electron chi connectivity index (χ2n) is 5.17. The molecule has 0 aliphatic rings. The minimum atomic E-state index is -0.515. The highest BCUT2D eigenvalue weighted by Crippen LogP contribution is 2.21. The second-order valence-corrected chi connectivity index (χ2v) is 6.26. The zero-order valence-electron chi connectivity index (χ0n) is 13.1. The van der Waals surface area contributed by atoms with E-state index >= 15 is 0 Å². The number of benzene rings is 2. The molecule has 0 spiro atoms. The van der Waals surface area contributed by atoms with E-state index in [0.717, 1.165) is 16.1 Å². The van der Waals surface area contributed by atoms with Gasteiger partial charge >= 0.3 is 0 Å². The number of amides is 1. The standard InChI is InChI=1S/C18H21NO3S/c1-14(20)19-16-7-9-18(10-8-16)23-13-17(21)12-22-11-15-5-3-2-4-6-15/h2-10,17,21H,11-13H2,1H3,(H,19,20)/t17-/m0/s1. The molecular weight excluding hydrogens is 310 g/mol. The fourth-order valence-corrected chi connectivity index (χ4v) is 2.77. The maximum Gasteiger partial charge on any atom is 0.221 e. The van der Waals surface area contributed by atoms with Crippen LogP contribution in [0.5, 0.6) is 0 Å². The smallest absolute Gasteiger partial charge is 0.221 e. The van der Waals surface area contributed by atoms with Crippen LogP contribution in [0.2, 0.25) is 0 Å².